The first kappa shape index (κ1) is 20.0. The van der Waals surface area contributed by atoms with E-state index in [1.54, 1.807) is 23.1 Å². The van der Waals surface area contributed by atoms with Crippen LogP contribution in [0.2, 0.25) is 0 Å². The maximum Gasteiger partial charge on any atom is 0.269 e. The molecule has 1 aliphatic rings. The number of carbonyl (C=O) groups excluding carboxylic acids is 1. The van der Waals surface area contributed by atoms with Gasteiger partial charge in [-0.3, -0.25) is 14.9 Å². The monoisotopic (exact) mass is 425 g/mol. The summed E-state index contributed by atoms with van der Waals surface area (Å²) in [6.07, 6.45) is 0. The third-order valence-corrected chi connectivity index (χ3v) is 7.10. The molecule has 0 atom stereocenters. The van der Waals surface area contributed by atoms with Gasteiger partial charge in [-0.15, -0.1) is 0 Å². The molecule has 4 rings (SSSR count). The lowest BCUT2D eigenvalue weighted by molar-refractivity contribution is -0.384. The largest absolute Gasteiger partial charge is 0.336 e. The van der Waals surface area contributed by atoms with Gasteiger partial charge in [0.15, 0.2) is 0 Å². The minimum Gasteiger partial charge on any atom is -0.336 e. The van der Waals surface area contributed by atoms with E-state index in [0.29, 0.717) is 5.56 Å². The molecule has 3 aromatic carbocycles. The van der Waals surface area contributed by atoms with Crippen LogP contribution in [-0.2, 0) is 10.0 Å². The molecule has 8 nitrogen and oxygen atoms in total. The molecule has 1 heterocycles. The Hall–Kier alpha value is -3.30. The Morgan fingerprint density at radius 1 is 0.867 bits per heavy atom. The fourth-order valence-corrected chi connectivity index (χ4v) is 4.97. The molecule has 9 heteroatoms. The third kappa shape index (κ3) is 3.77. The highest BCUT2D eigenvalue weighted by molar-refractivity contribution is 7.89. The summed E-state index contributed by atoms with van der Waals surface area (Å²) in [7, 11) is -3.66. The number of nitro benzene ring substituents is 1. The molecule has 0 saturated carbocycles. The lowest BCUT2D eigenvalue weighted by Crippen LogP contribution is -2.50. The molecule has 0 aliphatic carbocycles. The number of nitrogens with zero attached hydrogens (tertiary/aromatic N) is 3. The number of sulfonamides is 1. The number of piperazine rings is 1. The third-order valence-electron chi connectivity index (χ3n) is 5.21. The van der Waals surface area contributed by atoms with E-state index in [0.717, 1.165) is 10.8 Å². The lowest BCUT2D eigenvalue weighted by Gasteiger charge is -2.34. The van der Waals surface area contributed by atoms with Crippen molar-refractivity contribution in [1.29, 1.82) is 0 Å². The summed E-state index contributed by atoms with van der Waals surface area (Å²) in [5.41, 5.74) is 0.254. The molecule has 1 aliphatic heterocycles. The normalized spacial score (nSPS) is 15.3. The molecule has 0 radical (unpaired) electrons. The van der Waals surface area contributed by atoms with Gasteiger partial charge in [0, 0.05) is 43.9 Å². The second-order valence-electron chi connectivity index (χ2n) is 7.01. The Labute approximate surface area is 173 Å². The van der Waals surface area contributed by atoms with Crippen LogP contribution in [0, 0.1) is 10.1 Å². The van der Waals surface area contributed by atoms with Crippen LogP contribution >= 0.6 is 0 Å². The molecule has 1 fully saturated rings. The molecule has 3 aromatic rings. The smallest absolute Gasteiger partial charge is 0.269 e. The van der Waals surface area contributed by atoms with Crippen LogP contribution in [0.4, 0.5) is 5.69 Å². The van der Waals surface area contributed by atoms with Gasteiger partial charge in [-0.25, -0.2) is 8.42 Å². The van der Waals surface area contributed by atoms with Crippen molar-refractivity contribution in [3.8, 4) is 0 Å². The van der Waals surface area contributed by atoms with Crippen LogP contribution in [0.1, 0.15) is 10.4 Å². The molecule has 0 bridgehead atoms. The minimum atomic E-state index is -3.66. The quantitative estimate of drug-likeness (QED) is 0.473. The molecule has 1 amide bonds. The summed E-state index contributed by atoms with van der Waals surface area (Å²) >= 11 is 0. The van der Waals surface area contributed by atoms with Crippen molar-refractivity contribution in [3.05, 3.63) is 82.4 Å². The highest BCUT2D eigenvalue weighted by Gasteiger charge is 2.30. The van der Waals surface area contributed by atoms with Gasteiger partial charge in [-0.2, -0.15) is 4.31 Å². The summed E-state index contributed by atoms with van der Waals surface area (Å²) in [5, 5.41) is 12.6. The van der Waals surface area contributed by atoms with Crippen molar-refractivity contribution in [2.24, 2.45) is 0 Å². The zero-order valence-corrected chi connectivity index (χ0v) is 16.8. The van der Waals surface area contributed by atoms with Gasteiger partial charge in [0.2, 0.25) is 10.0 Å². The predicted molar refractivity (Wildman–Crippen MR) is 112 cm³/mol. The summed E-state index contributed by atoms with van der Waals surface area (Å²) in [4.78, 5) is 24.7. The van der Waals surface area contributed by atoms with E-state index < -0.39 is 14.9 Å². The fourth-order valence-electron chi connectivity index (χ4n) is 3.52. The maximum atomic E-state index is 13.0. The van der Waals surface area contributed by atoms with Crippen LogP contribution in [-0.4, -0.2) is 54.6 Å². The van der Waals surface area contributed by atoms with Crippen molar-refractivity contribution in [2.45, 2.75) is 4.90 Å². The molecule has 0 spiro atoms. The van der Waals surface area contributed by atoms with E-state index in [9.17, 15) is 23.3 Å². The lowest BCUT2D eigenvalue weighted by atomic mass is 10.1. The van der Waals surface area contributed by atoms with Crippen LogP contribution in [0.15, 0.2) is 71.6 Å². The number of carbonyl (C=O) groups is 1. The molecule has 0 aromatic heterocycles. The average molecular weight is 425 g/mol. The Balaban J connectivity index is 1.46. The average Bonchev–Trinajstić information content (AvgIpc) is 2.78. The Bertz CT molecular complexity index is 1220. The number of fused-ring (bicyclic) bond motifs is 1. The van der Waals surface area contributed by atoms with Gasteiger partial charge in [0.05, 0.1) is 9.82 Å². The zero-order valence-electron chi connectivity index (χ0n) is 16.0. The highest BCUT2D eigenvalue weighted by atomic mass is 32.2. The van der Waals surface area contributed by atoms with E-state index >= 15 is 0 Å². The van der Waals surface area contributed by atoms with Gasteiger partial charge < -0.3 is 4.90 Å². The number of hydrogen-bond donors (Lipinski definition) is 0. The topological polar surface area (TPSA) is 101 Å². The van der Waals surface area contributed by atoms with E-state index in [-0.39, 0.29) is 42.7 Å². The van der Waals surface area contributed by atoms with Gasteiger partial charge in [-0.1, -0.05) is 30.3 Å². The summed E-state index contributed by atoms with van der Waals surface area (Å²) in [5.74, 6) is -0.271. The number of amides is 1. The summed E-state index contributed by atoms with van der Waals surface area (Å²) < 4.78 is 27.5. The first-order valence-corrected chi connectivity index (χ1v) is 10.8. The molecule has 30 heavy (non-hydrogen) atoms. The first-order chi connectivity index (χ1) is 14.4. The molecule has 154 valence electrons. The standard InChI is InChI=1S/C21H19N3O5S/c25-21(17-5-8-19(9-6-17)24(26)27)22-11-13-23(14-12-22)30(28,29)20-10-7-16-3-1-2-4-18(16)15-20/h1-10,15H,11-14H2. The van der Waals surface area contributed by atoms with Gasteiger partial charge >= 0.3 is 0 Å². The Morgan fingerprint density at radius 2 is 1.50 bits per heavy atom. The van der Waals surface area contributed by atoms with Crippen LogP contribution < -0.4 is 0 Å². The van der Waals surface area contributed by atoms with Crippen molar-refractivity contribution >= 4 is 32.4 Å². The number of nitro groups is 1. The van der Waals surface area contributed by atoms with Crippen molar-refractivity contribution in [1.82, 2.24) is 9.21 Å². The van der Waals surface area contributed by atoms with E-state index in [1.165, 1.54) is 28.6 Å². The van der Waals surface area contributed by atoms with Crippen LogP contribution in [0.3, 0.4) is 0 Å². The number of hydrogen-bond acceptors (Lipinski definition) is 5. The summed E-state index contributed by atoms with van der Waals surface area (Å²) in [6, 6.07) is 18.0. The highest BCUT2D eigenvalue weighted by Crippen LogP contribution is 2.23. The number of non-ortho nitro benzene ring substituents is 1. The number of benzene rings is 3. The Morgan fingerprint density at radius 3 is 2.13 bits per heavy atom. The van der Waals surface area contributed by atoms with E-state index in [4.69, 9.17) is 0 Å². The SMILES string of the molecule is O=C(c1ccc([N+](=O)[O-])cc1)N1CCN(S(=O)(=O)c2ccc3ccccc3c2)CC1. The van der Waals surface area contributed by atoms with Gasteiger partial charge in [0.1, 0.15) is 0 Å². The van der Waals surface area contributed by atoms with Gasteiger partial charge in [-0.05, 0) is 35.0 Å². The summed E-state index contributed by atoms with van der Waals surface area (Å²) in [6.45, 7) is 0.882. The second kappa shape index (κ2) is 7.85. The first-order valence-electron chi connectivity index (χ1n) is 9.39. The predicted octanol–water partition coefficient (Wildman–Crippen LogP) is 2.89. The van der Waals surface area contributed by atoms with Gasteiger partial charge in [0.25, 0.3) is 11.6 Å². The van der Waals surface area contributed by atoms with Crippen molar-refractivity contribution in [3.63, 3.8) is 0 Å². The van der Waals surface area contributed by atoms with Crippen LogP contribution in [0.25, 0.3) is 10.8 Å². The molecule has 0 unspecified atom stereocenters. The molecular weight excluding hydrogens is 406 g/mol. The van der Waals surface area contributed by atoms with E-state index in [2.05, 4.69) is 0 Å². The molecule has 0 N–H and O–H groups in total. The second-order valence-corrected chi connectivity index (χ2v) is 8.95. The minimum absolute atomic E-state index is 0.0853. The van der Waals surface area contributed by atoms with E-state index in [1.807, 2.05) is 24.3 Å². The van der Waals surface area contributed by atoms with Crippen molar-refractivity contribution < 1.29 is 18.1 Å². The molecular formula is C21H19N3O5S. The molecule has 1 saturated heterocycles. The fraction of sp³-hybridized carbons (Fsp3) is 0.190. The Kier molecular flexibility index (Phi) is 5.23. The maximum absolute atomic E-state index is 13.0. The van der Waals surface area contributed by atoms with Crippen molar-refractivity contribution in [2.75, 3.05) is 26.2 Å². The van der Waals surface area contributed by atoms with Crippen LogP contribution in [0.5, 0.6) is 0 Å². The zero-order chi connectivity index (χ0) is 21.3. The number of rotatable bonds is 4.